The van der Waals surface area contributed by atoms with Gasteiger partial charge in [-0.3, -0.25) is 0 Å². The van der Waals surface area contributed by atoms with E-state index < -0.39 is 0 Å². The van der Waals surface area contributed by atoms with Crippen LogP contribution in [-0.4, -0.2) is 25.8 Å². The van der Waals surface area contributed by atoms with Gasteiger partial charge in [-0.05, 0) is 19.1 Å². The predicted molar refractivity (Wildman–Crippen MR) is 54.9 cm³/mol. The van der Waals surface area contributed by atoms with Crippen molar-refractivity contribution in [1.82, 2.24) is 5.32 Å². The Kier molecular flexibility index (Phi) is 2.52. The molecule has 1 aliphatic heterocycles. The first kappa shape index (κ1) is 10.2. The number of ether oxygens (including phenoxy) is 2. The van der Waals surface area contributed by atoms with E-state index in [1.54, 1.807) is 12.1 Å². The fraction of sp³-hybridized carbons (Fsp3) is 0.455. The minimum Gasteiger partial charge on any atom is -0.493 e. The molecule has 0 amide bonds. The molecule has 2 rings (SSSR count). The maximum atomic E-state index is 13.5. The highest BCUT2D eigenvalue weighted by atomic mass is 19.1. The molecule has 1 N–H and O–H groups in total. The lowest BCUT2D eigenvalue weighted by molar-refractivity contribution is 0.0285. The van der Waals surface area contributed by atoms with E-state index in [2.05, 4.69) is 5.32 Å². The standard InChI is InChI=1S/C11H14FNO2/c1-11(6-13-7-11)15-10-8(12)4-3-5-9(10)14-2/h3-5,13H,6-7H2,1-2H3. The van der Waals surface area contributed by atoms with Crippen molar-refractivity contribution in [2.45, 2.75) is 12.5 Å². The Labute approximate surface area is 88.2 Å². The predicted octanol–water partition coefficient (Wildman–Crippen LogP) is 1.57. The lowest BCUT2D eigenvalue weighted by Crippen LogP contribution is -2.61. The first-order valence-electron chi connectivity index (χ1n) is 4.87. The zero-order valence-electron chi connectivity index (χ0n) is 8.84. The van der Waals surface area contributed by atoms with E-state index in [4.69, 9.17) is 9.47 Å². The molecule has 1 aromatic rings. The number of nitrogens with one attached hydrogen (secondary N) is 1. The van der Waals surface area contributed by atoms with E-state index in [1.807, 2.05) is 6.92 Å². The number of benzene rings is 1. The summed E-state index contributed by atoms with van der Waals surface area (Å²) < 4.78 is 24.2. The maximum Gasteiger partial charge on any atom is 0.197 e. The monoisotopic (exact) mass is 211 g/mol. The molecule has 0 aliphatic carbocycles. The van der Waals surface area contributed by atoms with Crippen molar-refractivity contribution in [1.29, 1.82) is 0 Å². The van der Waals surface area contributed by atoms with Crippen molar-refractivity contribution < 1.29 is 13.9 Å². The summed E-state index contributed by atoms with van der Waals surface area (Å²) in [6, 6.07) is 4.66. The topological polar surface area (TPSA) is 30.5 Å². The molecular weight excluding hydrogens is 197 g/mol. The summed E-state index contributed by atoms with van der Waals surface area (Å²) in [6.07, 6.45) is 0. The molecule has 1 saturated heterocycles. The van der Waals surface area contributed by atoms with Crippen molar-refractivity contribution in [2.24, 2.45) is 0 Å². The highest BCUT2D eigenvalue weighted by Crippen LogP contribution is 2.33. The quantitative estimate of drug-likeness (QED) is 0.823. The van der Waals surface area contributed by atoms with Crippen molar-refractivity contribution in [2.75, 3.05) is 20.2 Å². The summed E-state index contributed by atoms with van der Waals surface area (Å²) in [6.45, 7) is 3.39. The van der Waals surface area contributed by atoms with Gasteiger partial charge < -0.3 is 14.8 Å². The molecule has 0 bridgehead atoms. The summed E-state index contributed by atoms with van der Waals surface area (Å²) in [7, 11) is 1.50. The number of hydrogen-bond acceptors (Lipinski definition) is 3. The smallest absolute Gasteiger partial charge is 0.197 e. The lowest BCUT2D eigenvalue weighted by atomic mass is 10.00. The molecule has 0 atom stereocenters. The van der Waals surface area contributed by atoms with Gasteiger partial charge in [-0.1, -0.05) is 6.07 Å². The van der Waals surface area contributed by atoms with E-state index in [1.165, 1.54) is 13.2 Å². The van der Waals surface area contributed by atoms with Crippen molar-refractivity contribution in [3.8, 4) is 11.5 Å². The van der Waals surface area contributed by atoms with Crippen LogP contribution in [0.2, 0.25) is 0 Å². The highest BCUT2D eigenvalue weighted by Gasteiger charge is 2.35. The SMILES string of the molecule is COc1cccc(F)c1OC1(C)CNC1. The van der Waals surface area contributed by atoms with Crippen LogP contribution < -0.4 is 14.8 Å². The molecule has 0 unspecified atom stereocenters. The number of halogens is 1. The minimum atomic E-state index is -0.387. The lowest BCUT2D eigenvalue weighted by Gasteiger charge is -2.39. The minimum absolute atomic E-state index is 0.198. The molecule has 0 aromatic heterocycles. The Morgan fingerprint density at radius 3 is 2.67 bits per heavy atom. The average molecular weight is 211 g/mol. The van der Waals surface area contributed by atoms with E-state index in [0.717, 1.165) is 13.1 Å². The molecule has 3 nitrogen and oxygen atoms in total. The van der Waals surface area contributed by atoms with Gasteiger partial charge in [0.15, 0.2) is 17.3 Å². The Hall–Kier alpha value is -1.29. The summed E-state index contributed by atoms with van der Waals surface area (Å²) >= 11 is 0. The number of hydrogen-bond donors (Lipinski definition) is 1. The first-order valence-corrected chi connectivity index (χ1v) is 4.87. The van der Waals surface area contributed by atoms with Crippen LogP contribution >= 0.6 is 0 Å². The Morgan fingerprint density at radius 1 is 1.40 bits per heavy atom. The number of rotatable bonds is 3. The number of methoxy groups -OCH3 is 1. The third-order valence-corrected chi connectivity index (χ3v) is 2.50. The fourth-order valence-corrected chi connectivity index (χ4v) is 1.54. The molecule has 82 valence electrons. The second kappa shape index (κ2) is 3.70. The fourth-order valence-electron chi connectivity index (χ4n) is 1.54. The molecule has 1 heterocycles. The van der Waals surface area contributed by atoms with Gasteiger partial charge in [0.25, 0.3) is 0 Å². The van der Waals surface area contributed by atoms with E-state index in [0.29, 0.717) is 5.75 Å². The van der Waals surface area contributed by atoms with Crippen LogP contribution in [0.15, 0.2) is 18.2 Å². The third kappa shape index (κ3) is 1.90. The molecule has 0 saturated carbocycles. The van der Waals surface area contributed by atoms with Crippen LogP contribution in [0.4, 0.5) is 4.39 Å². The molecule has 1 fully saturated rings. The molecule has 0 spiro atoms. The second-order valence-corrected chi connectivity index (χ2v) is 3.93. The van der Waals surface area contributed by atoms with Crippen molar-refractivity contribution in [3.05, 3.63) is 24.0 Å². The summed E-state index contributed by atoms with van der Waals surface area (Å²) in [5, 5.41) is 3.09. The van der Waals surface area contributed by atoms with Crippen molar-refractivity contribution in [3.63, 3.8) is 0 Å². The summed E-state index contributed by atoms with van der Waals surface area (Å²) in [4.78, 5) is 0. The van der Waals surface area contributed by atoms with Gasteiger partial charge in [0, 0.05) is 13.1 Å². The molecular formula is C11H14FNO2. The van der Waals surface area contributed by atoms with Gasteiger partial charge in [-0.2, -0.15) is 0 Å². The molecule has 1 aliphatic rings. The zero-order valence-corrected chi connectivity index (χ0v) is 8.84. The Bertz CT molecular complexity index is 364. The van der Waals surface area contributed by atoms with Crippen molar-refractivity contribution >= 4 is 0 Å². The van der Waals surface area contributed by atoms with Crippen LogP contribution in [-0.2, 0) is 0 Å². The Morgan fingerprint density at radius 2 is 2.13 bits per heavy atom. The molecule has 1 aromatic carbocycles. The summed E-state index contributed by atoms with van der Waals surface area (Å²) in [5.41, 5.74) is -0.324. The zero-order chi connectivity index (χ0) is 10.9. The largest absolute Gasteiger partial charge is 0.493 e. The van der Waals surface area contributed by atoms with Gasteiger partial charge in [0.2, 0.25) is 0 Å². The van der Waals surface area contributed by atoms with E-state index in [-0.39, 0.29) is 17.2 Å². The van der Waals surface area contributed by atoms with Gasteiger partial charge in [-0.15, -0.1) is 0 Å². The maximum absolute atomic E-state index is 13.5. The van der Waals surface area contributed by atoms with Crippen LogP contribution in [0, 0.1) is 5.82 Å². The third-order valence-electron chi connectivity index (χ3n) is 2.50. The highest BCUT2D eigenvalue weighted by molar-refractivity contribution is 5.41. The molecule has 0 radical (unpaired) electrons. The normalized spacial score (nSPS) is 18.1. The van der Waals surface area contributed by atoms with E-state index in [9.17, 15) is 4.39 Å². The number of para-hydroxylation sites is 1. The van der Waals surface area contributed by atoms with Crippen LogP contribution in [0.1, 0.15) is 6.92 Å². The van der Waals surface area contributed by atoms with Crippen LogP contribution in [0.5, 0.6) is 11.5 Å². The van der Waals surface area contributed by atoms with Gasteiger partial charge in [0.1, 0.15) is 5.60 Å². The first-order chi connectivity index (χ1) is 7.14. The van der Waals surface area contributed by atoms with Gasteiger partial charge in [-0.25, -0.2) is 4.39 Å². The van der Waals surface area contributed by atoms with Gasteiger partial charge in [0.05, 0.1) is 7.11 Å². The van der Waals surface area contributed by atoms with Gasteiger partial charge >= 0.3 is 0 Å². The molecule has 4 heteroatoms. The van der Waals surface area contributed by atoms with E-state index >= 15 is 0 Å². The van der Waals surface area contributed by atoms with Crippen LogP contribution in [0.25, 0.3) is 0 Å². The average Bonchev–Trinajstić information content (AvgIpc) is 2.18. The Balaban J connectivity index is 2.26. The molecule has 15 heavy (non-hydrogen) atoms. The second-order valence-electron chi connectivity index (χ2n) is 3.93. The summed E-state index contributed by atoms with van der Waals surface area (Å²) in [5.74, 6) is 0.245. The van der Waals surface area contributed by atoms with Crippen LogP contribution in [0.3, 0.4) is 0 Å².